The first-order chi connectivity index (χ1) is 14.0. The summed E-state index contributed by atoms with van der Waals surface area (Å²) in [6, 6.07) is 7.39. The Kier molecular flexibility index (Phi) is 5.70. The van der Waals surface area contributed by atoms with E-state index in [0.29, 0.717) is 26.2 Å². The number of hydrogen-bond donors (Lipinski definition) is 1. The van der Waals surface area contributed by atoms with Gasteiger partial charge in [0.2, 0.25) is 0 Å². The largest absolute Gasteiger partial charge is 0.457 e. The highest BCUT2D eigenvalue weighted by Gasteiger charge is 2.13. The van der Waals surface area contributed by atoms with Crippen molar-refractivity contribution in [1.29, 1.82) is 0 Å². The number of nitrogens with one attached hydrogen (secondary N) is 1. The summed E-state index contributed by atoms with van der Waals surface area (Å²) in [6.07, 6.45) is 3.48. The third-order valence-electron chi connectivity index (χ3n) is 4.16. The van der Waals surface area contributed by atoms with E-state index >= 15 is 0 Å². The number of thioether (sulfide) groups is 1. The van der Waals surface area contributed by atoms with Crippen molar-refractivity contribution < 1.29 is 9.53 Å². The highest BCUT2D eigenvalue weighted by molar-refractivity contribution is 7.99. The molecule has 7 nitrogen and oxygen atoms in total. The lowest BCUT2D eigenvalue weighted by Crippen LogP contribution is -2.14. The maximum atomic E-state index is 12.2. The summed E-state index contributed by atoms with van der Waals surface area (Å²) < 4.78 is 7.68. The van der Waals surface area contributed by atoms with Gasteiger partial charge in [-0.1, -0.05) is 29.4 Å². The minimum atomic E-state index is -0.430. The Morgan fingerprint density at radius 2 is 2.24 bits per heavy atom. The first-order valence-electron chi connectivity index (χ1n) is 8.56. The molecule has 0 saturated carbocycles. The minimum absolute atomic E-state index is 0.0710. The quantitative estimate of drug-likeness (QED) is 0.356. The van der Waals surface area contributed by atoms with Crippen molar-refractivity contribution in [3.05, 3.63) is 68.8 Å². The Morgan fingerprint density at radius 3 is 3.10 bits per heavy atom. The van der Waals surface area contributed by atoms with Crippen molar-refractivity contribution in [2.45, 2.75) is 18.7 Å². The van der Waals surface area contributed by atoms with Crippen LogP contribution in [-0.4, -0.2) is 31.2 Å². The molecule has 148 valence electrons. The standard InChI is InChI=1S/C19H15ClN4O3S2/c1-11-12(20)3-2-4-14(11)24-7-6-21-19(24)29-10-16(25)27-9-15-22-13-5-8-28-17(13)18(26)23-15/h2-8H,9-10H2,1H3,(H,22,23,26). The van der Waals surface area contributed by atoms with Gasteiger partial charge >= 0.3 is 5.97 Å². The highest BCUT2D eigenvalue weighted by atomic mass is 35.5. The third-order valence-corrected chi connectivity index (χ3v) is 6.41. The van der Waals surface area contributed by atoms with Crippen LogP contribution in [0.3, 0.4) is 0 Å². The molecule has 0 radical (unpaired) electrons. The lowest BCUT2D eigenvalue weighted by Gasteiger charge is -2.11. The molecule has 0 aliphatic heterocycles. The number of aromatic amines is 1. The zero-order valence-electron chi connectivity index (χ0n) is 15.2. The number of esters is 1. The highest BCUT2D eigenvalue weighted by Crippen LogP contribution is 2.26. The lowest BCUT2D eigenvalue weighted by atomic mass is 10.2. The molecule has 0 spiro atoms. The van der Waals surface area contributed by atoms with Gasteiger partial charge in [0.1, 0.15) is 17.1 Å². The van der Waals surface area contributed by atoms with Crippen molar-refractivity contribution in [3.8, 4) is 5.69 Å². The van der Waals surface area contributed by atoms with E-state index in [1.165, 1.54) is 23.1 Å². The molecule has 3 heterocycles. The van der Waals surface area contributed by atoms with Crippen LogP contribution in [0.5, 0.6) is 0 Å². The number of rotatable bonds is 6. The number of H-pyrrole nitrogens is 1. The van der Waals surface area contributed by atoms with E-state index in [-0.39, 0.29) is 17.9 Å². The van der Waals surface area contributed by atoms with Crippen molar-refractivity contribution in [2.24, 2.45) is 0 Å². The Morgan fingerprint density at radius 1 is 1.38 bits per heavy atom. The molecule has 0 amide bonds. The fraction of sp³-hybridized carbons (Fsp3) is 0.158. The normalized spacial score (nSPS) is 11.1. The van der Waals surface area contributed by atoms with Crippen molar-refractivity contribution in [2.75, 3.05) is 5.75 Å². The van der Waals surface area contributed by atoms with Gasteiger partial charge in [0.25, 0.3) is 5.56 Å². The van der Waals surface area contributed by atoms with Gasteiger partial charge in [-0.3, -0.25) is 14.2 Å². The molecule has 29 heavy (non-hydrogen) atoms. The lowest BCUT2D eigenvalue weighted by molar-refractivity contribution is -0.141. The van der Waals surface area contributed by atoms with Gasteiger partial charge in [-0.05, 0) is 36.1 Å². The van der Waals surface area contributed by atoms with Gasteiger partial charge in [0.15, 0.2) is 5.16 Å². The maximum absolute atomic E-state index is 12.2. The van der Waals surface area contributed by atoms with Crippen LogP contribution in [0.1, 0.15) is 11.4 Å². The van der Waals surface area contributed by atoms with E-state index in [0.717, 1.165) is 11.3 Å². The second-order valence-corrected chi connectivity index (χ2v) is 8.33. The number of ether oxygens (including phenoxy) is 1. The fourth-order valence-corrected chi connectivity index (χ4v) is 4.40. The molecule has 1 N–H and O–H groups in total. The Hall–Kier alpha value is -2.62. The zero-order chi connectivity index (χ0) is 20.4. The Balaban J connectivity index is 1.40. The van der Waals surface area contributed by atoms with Gasteiger partial charge in [-0.25, -0.2) is 9.97 Å². The van der Waals surface area contributed by atoms with Crippen LogP contribution < -0.4 is 5.56 Å². The van der Waals surface area contributed by atoms with Crippen LogP contribution in [0.4, 0.5) is 0 Å². The molecule has 0 saturated heterocycles. The Labute approximate surface area is 178 Å². The van der Waals surface area contributed by atoms with Crippen molar-refractivity contribution >= 4 is 50.9 Å². The molecule has 4 rings (SSSR count). The molecule has 0 atom stereocenters. The smallest absolute Gasteiger partial charge is 0.316 e. The van der Waals surface area contributed by atoms with E-state index < -0.39 is 5.97 Å². The molecule has 1 aromatic carbocycles. The van der Waals surface area contributed by atoms with Crippen LogP contribution in [0.15, 0.2) is 52.0 Å². The summed E-state index contributed by atoms with van der Waals surface area (Å²) in [7, 11) is 0. The van der Waals surface area contributed by atoms with E-state index in [1.807, 2.05) is 35.9 Å². The molecule has 10 heteroatoms. The SMILES string of the molecule is Cc1c(Cl)cccc1-n1ccnc1SCC(=O)OCc1nc2ccsc2c(=O)[nH]1. The van der Waals surface area contributed by atoms with E-state index in [9.17, 15) is 9.59 Å². The summed E-state index contributed by atoms with van der Waals surface area (Å²) in [4.78, 5) is 35.4. The van der Waals surface area contributed by atoms with Gasteiger partial charge < -0.3 is 9.72 Å². The monoisotopic (exact) mass is 446 g/mol. The minimum Gasteiger partial charge on any atom is -0.457 e. The third kappa shape index (κ3) is 4.21. The second-order valence-electron chi connectivity index (χ2n) is 6.06. The molecule has 4 aromatic rings. The topological polar surface area (TPSA) is 89.9 Å². The second kappa shape index (κ2) is 8.40. The molecule has 0 bridgehead atoms. The van der Waals surface area contributed by atoms with Gasteiger partial charge in [0.05, 0.1) is 17.0 Å². The average molecular weight is 447 g/mol. The molecule has 3 aromatic heterocycles. The van der Waals surface area contributed by atoms with E-state index in [2.05, 4.69) is 15.0 Å². The summed E-state index contributed by atoms with van der Waals surface area (Å²) in [6.45, 7) is 1.83. The van der Waals surface area contributed by atoms with Crippen LogP contribution in [0, 0.1) is 6.92 Å². The van der Waals surface area contributed by atoms with Crippen molar-refractivity contribution in [1.82, 2.24) is 19.5 Å². The molecule has 0 aliphatic rings. The van der Waals surface area contributed by atoms with E-state index in [4.69, 9.17) is 16.3 Å². The molecular formula is C19H15ClN4O3S2. The first kappa shape index (κ1) is 19.7. The summed E-state index contributed by atoms with van der Waals surface area (Å²) in [5.41, 5.74) is 2.19. The number of imidazole rings is 1. The maximum Gasteiger partial charge on any atom is 0.316 e. The molecule has 0 unspecified atom stereocenters. The van der Waals surface area contributed by atoms with Gasteiger partial charge in [-0.2, -0.15) is 0 Å². The number of aromatic nitrogens is 4. The zero-order valence-corrected chi connectivity index (χ0v) is 17.6. The van der Waals surface area contributed by atoms with Crippen LogP contribution in [0.2, 0.25) is 5.02 Å². The molecule has 0 fully saturated rings. The van der Waals surface area contributed by atoms with Crippen LogP contribution in [0.25, 0.3) is 15.9 Å². The number of carbonyl (C=O) groups excluding carboxylic acids is 1. The Bertz CT molecular complexity index is 1250. The number of carbonyl (C=O) groups is 1. The van der Waals surface area contributed by atoms with Crippen LogP contribution in [-0.2, 0) is 16.1 Å². The number of hydrogen-bond acceptors (Lipinski definition) is 7. The first-order valence-corrected chi connectivity index (χ1v) is 10.8. The van der Waals surface area contributed by atoms with Crippen LogP contribution >= 0.6 is 34.7 Å². The summed E-state index contributed by atoms with van der Waals surface area (Å²) in [5.74, 6) is -0.0441. The predicted octanol–water partition coefficient (Wildman–Crippen LogP) is 3.97. The predicted molar refractivity (Wildman–Crippen MR) is 114 cm³/mol. The average Bonchev–Trinajstić information content (AvgIpc) is 3.36. The van der Waals surface area contributed by atoms with Gasteiger partial charge in [0, 0.05) is 17.4 Å². The number of halogens is 1. The van der Waals surface area contributed by atoms with E-state index in [1.54, 1.807) is 17.6 Å². The number of benzene rings is 1. The number of thiophene rings is 1. The molecular weight excluding hydrogens is 432 g/mol. The molecule has 0 aliphatic carbocycles. The summed E-state index contributed by atoms with van der Waals surface area (Å²) >= 11 is 8.78. The van der Waals surface area contributed by atoms with Crippen molar-refractivity contribution in [3.63, 3.8) is 0 Å². The van der Waals surface area contributed by atoms with Gasteiger partial charge in [-0.15, -0.1) is 11.3 Å². The fourth-order valence-electron chi connectivity index (χ4n) is 2.74. The summed E-state index contributed by atoms with van der Waals surface area (Å²) in [5, 5.41) is 3.11. The number of fused-ring (bicyclic) bond motifs is 1. The number of nitrogens with zero attached hydrogens (tertiary/aromatic N) is 3.